The average molecular weight is 361 g/mol. The molecule has 1 aliphatic rings. The molecular formula is C19H19N7O. The summed E-state index contributed by atoms with van der Waals surface area (Å²) in [6.45, 7) is 2.38. The Morgan fingerprint density at radius 3 is 2.81 bits per heavy atom. The van der Waals surface area contributed by atoms with E-state index in [4.69, 9.17) is 0 Å². The monoisotopic (exact) mass is 361 g/mol. The van der Waals surface area contributed by atoms with Gasteiger partial charge < -0.3 is 10.7 Å². The summed E-state index contributed by atoms with van der Waals surface area (Å²) in [6.07, 6.45) is 6.94. The van der Waals surface area contributed by atoms with Gasteiger partial charge in [0, 0.05) is 48.7 Å². The molecule has 3 aromatic heterocycles. The number of hydrogen-bond acceptors (Lipinski definition) is 6. The van der Waals surface area contributed by atoms with Crippen molar-refractivity contribution >= 4 is 17.5 Å². The van der Waals surface area contributed by atoms with Crippen molar-refractivity contribution in [3.8, 4) is 0 Å². The highest BCUT2D eigenvalue weighted by atomic mass is 16.2. The van der Waals surface area contributed by atoms with Gasteiger partial charge in [0.15, 0.2) is 0 Å². The van der Waals surface area contributed by atoms with E-state index in [0.29, 0.717) is 12.4 Å². The smallest absolute Gasteiger partial charge is 0.320 e. The second-order valence-electron chi connectivity index (χ2n) is 6.25. The highest BCUT2D eigenvalue weighted by molar-refractivity contribution is 5.88. The molecule has 4 rings (SSSR count). The third-order valence-electron chi connectivity index (χ3n) is 4.30. The molecule has 2 amide bonds. The van der Waals surface area contributed by atoms with Gasteiger partial charge in [-0.2, -0.15) is 0 Å². The minimum absolute atomic E-state index is 0.0104. The molecule has 0 saturated heterocycles. The molecule has 1 atom stereocenters. The standard InChI is InChI=1S/C19H19N7O/c1-12-8-14(4-7-21-12)18-15-11-22-17(9-16(15)25-26-18)24-19(27)23-10-13-2-5-20-6-3-13/h2-9,11,18,25-26H,10H2,1H3,(H2,22,23,24,27). The van der Waals surface area contributed by atoms with Crippen LogP contribution in [0.3, 0.4) is 0 Å². The fourth-order valence-electron chi connectivity index (χ4n) is 2.95. The number of rotatable bonds is 4. The van der Waals surface area contributed by atoms with Crippen LogP contribution in [0.4, 0.5) is 16.3 Å². The highest BCUT2D eigenvalue weighted by Gasteiger charge is 2.24. The van der Waals surface area contributed by atoms with Crippen LogP contribution in [-0.2, 0) is 6.54 Å². The van der Waals surface area contributed by atoms with E-state index in [-0.39, 0.29) is 12.1 Å². The first kappa shape index (κ1) is 16.9. The van der Waals surface area contributed by atoms with Gasteiger partial charge in [-0.25, -0.2) is 15.2 Å². The molecule has 0 fully saturated rings. The Bertz CT molecular complexity index is 961. The van der Waals surface area contributed by atoms with E-state index in [9.17, 15) is 4.79 Å². The Kier molecular flexibility index (Phi) is 4.63. The van der Waals surface area contributed by atoms with Crippen LogP contribution in [0.25, 0.3) is 0 Å². The summed E-state index contributed by atoms with van der Waals surface area (Å²) < 4.78 is 0. The Morgan fingerprint density at radius 1 is 1.15 bits per heavy atom. The van der Waals surface area contributed by atoms with Crippen LogP contribution < -0.4 is 21.5 Å². The number of aromatic nitrogens is 3. The molecule has 0 radical (unpaired) electrons. The van der Waals surface area contributed by atoms with E-state index in [2.05, 4.69) is 36.4 Å². The van der Waals surface area contributed by atoms with E-state index >= 15 is 0 Å². The summed E-state index contributed by atoms with van der Waals surface area (Å²) in [5.74, 6) is 0.474. The largest absolute Gasteiger partial charge is 0.334 e. The molecule has 1 aliphatic heterocycles. The molecule has 0 bridgehead atoms. The van der Waals surface area contributed by atoms with Gasteiger partial charge in [-0.15, -0.1) is 0 Å². The van der Waals surface area contributed by atoms with E-state index in [0.717, 1.165) is 28.1 Å². The molecule has 3 aromatic rings. The Hall–Kier alpha value is -3.52. The fourth-order valence-corrected chi connectivity index (χ4v) is 2.95. The van der Waals surface area contributed by atoms with E-state index in [1.54, 1.807) is 24.8 Å². The summed E-state index contributed by atoms with van der Waals surface area (Å²) in [5.41, 5.74) is 11.3. The maximum Gasteiger partial charge on any atom is 0.320 e. The van der Waals surface area contributed by atoms with Crippen molar-refractivity contribution in [2.24, 2.45) is 0 Å². The predicted molar refractivity (Wildman–Crippen MR) is 102 cm³/mol. The van der Waals surface area contributed by atoms with Gasteiger partial charge in [0.1, 0.15) is 5.82 Å². The van der Waals surface area contributed by atoms with Crippen LogP contribution in [0.2, 0.25) is 0 Å². The van der Waals surface area contributed by atoms with E-state index in [1.165, 1.54) is 0 Å². The maximum atomic E-state index is 12.1. The van der Waals surface area contributed by atoms with Crippen LogP contribution in [0, 0.1) is 6.92 Å². The molecule has 0 spiro atoms. The predicted octanol–water partition coefficient (Wildman–Crippen LogP) is 2.52. The third kappa shape index (κ3) is 3.85. The number of nitrogens with zero attached hydrogens (tertiary/aromatic N) is 3. The zero-order chi connectivity index (χ0) is 18.6. The molecule has 0 saturated carbocycles. The van der Waals surface area contributed by atoms with Crippen LogP contribution in [0.15, 0.2) is 55.1 Å². The summed E-state index contributed by atoms with van der Waals surface area (Å²) in [5, 5.41) is 5.55. The number of fused-ring (bicyclic) bond motifs is 1. The first-order chi connectivity index (χ1) is 13.2. The van der Waals surface area contributed by atoms with Gasteiger partial charge in [-0.05, 0) is 42.3 Å². The first-order valence-electron chi connectivity index (χ1n) is 8.57. The lowest BCUT2D eigenvalue weighted by atomic mass is 10.0. The number of nitrogens with one attached hydrogen (secondary N) is 4. The number of pyridine rings is 3. The van der Waals surface area contributed by atoms with Crippen LogP contribution >= 0.6 is 0 Å². The lowest BCUT2D eigenvalue weighted by Gasteiger charge is -2.11. The number of amides is 2. The lowest BCUT2D eigenvalue weighted by Crippen LogP contribution is -2.28. The molecule has 1 unspecified atom stereocenters. The van der Waals surface area contributed by atoms with Gasteiger partial charge in [0.2, 0.25) is 0 Å². The first-order valence-corrected chi connectivity index (χ1v) is 8.57. The number of hydrazine groups is 1. The molecule has 8 heteroatoms. The molecule has 136 valence electrons. The second kappa shape index (κ2) is 7.38. The van der Waals surface area contributed by atoms with Crippen LogP contribution in [0.1, 0.15) is 28.4 Å². The molecule has 0 aliphatic carbocycles. The van der Waals surface area contributed by atoms with Crippen molar-refractivity contribution in [2.75, 3.05) is 10.7 Å². The molecular weight excluding hydrogens is 342 g/mol. The van der Waals surface area contributed by atoms with E-state index < -0.39 is 0 Å². The molecule has 8 nitrogen and oxygen atoms in total. The van der Waals surface area contributed by atoms with Crippen molar-refractivity contribution in [3.05, 3.63) is 77.5 Å². The fraction of sp³-hybridized carbons (Fsp3) is 0.158. The normalized spacial score (nSPS) is 14.9. The number of aryl methyl sites for hydroxylation is 1. The molecule has 0 aromatic carbocycles. The summed E-state index contributed by atoms with van der Waals surface area (Å²) in [6, 6.07) is 9.19. The van der Waals surface area contributed by atoms with Gasteiger partial charge in [-0.3, -0.25) is 15.3 Å². The Labute approximate surface area is 156 Å². The van der Waals surface area contributed by atoms with Gasteiger partial charge >= 0.3 is 6.03 Å². The number of carbonyl (C=O) groups excluding carboxylic acids is 1. The summed E-state index contributed by atoms with van der Waals surface area (Å²) in [4.78, 5) is 24.6. The number of carbonyl (C=O) groups is 1. The quantitative estimate of drug-likeness (QED) is 0.569. The summed E-state index contributed by atoms with van der Waals surface area (Å²) >= 11 is 0. The van der Waals surface area contributed by atoms with Crippen molar-refractivity contribution < 1.29 is 4.79 Å². The van der Waals surface area contributed by atoms with Gasteiger partial charge in [0.25, 0.3) is 0 Å². The SMILES string of the molecule is Cc1cc(C2NNc3cc(NC(=O)NCc4ccncc4)ncc32)ccn1. The second-order valence-corrected chi connectivity index (χ2v) is 6.25. The Balaban J connectivity index is 1.42. The average Bonchev–Trinajstić information content (AvgIpc) is 3.10. The van der Waals surface area contributed by atoms with Gasteiger partial charge in [0.05, 0.1) is 11.7 Å². The van der Waals surface area contributed by atoms with Gasteiger partial charge in [-0.1, -0.05) is 0 Å². The van der Waals surface area contributed by atoms with Crippen LogP contribution in [-0.4, -0.2) is 21.0 Å². The number of hydrogen-bond donors (Lipinski definition) is 4. The Morgan fingerprint density at radius 2 is 2.00 bits per heavy atom. The molecule has 27 heavy (non-hydrogen) atoms. The topological polar surface area (TPSA) is 104 Å². The minimum atomic E-state index is -0.313. The van der Waals surface area contributed by atoms with E-state index in [1.807, 2.05) is 37.3 Å². The summed E-state index contributed by atoms with van der Waals surface area (Å²) in [7, 11) is 0. The van der Waals surface area contributed by atoms with Crippen molar-refractivity contribution in [3.63, 3.8) is 0 Å². The minimum Gasteiger partial charge on any atom is -0.334 e. The molecule has 4 N–H and O–H groups in total. The lowest BCUT2D eigenvalue weighted by molar-refractivity contribution is 0.251. The van der Waals surface area contributed by atoms with Crippen LogP contribution in [0.5, 0.6) is 0 Å². The zero-order valence-electron chi connectivity index (χ0n) is 14.7. The molecule has 4 heterocycles. The van der Waals surface area contributed by atoms with Crippen molar-refractivity contribution in [1.29, 1.82) is 0 Å². The van der Waals surface area contributed by atoms with Crippen molar-refractivity contribution in [1.82, 2.24) is 25.7 Å². The zero-order valence-corrected chi connectivity index (χ0v) is 14.7. The highest BCUT2D eigenvalue weighted by Crippen LogP contribution is 2.33. The third-order valence-corrected chi connectivity index (χ3v) is 4.30. The number of urea groups is 1. The van der Waals surface area contributed by atoms with Crippen molar-refractivity contribution in [2.45, 2.75) is 19.5 Å². The maximum absolute atomic E-state index is 12.1. The number of anilines is 2.